The third-order valence-corrected chi connectivity index (χ3v) is 5.29. The van der Waals surface area contributed by atoms with Crippen molar-refractivity contribution < 1.29 is 13.7 Å². The average molecular weight is 438 g/mol. The molecular weight excluding hydrogens is 421 g/mol. The van der Waals surface area contributed by atoms with E-state index in [0.717, 1.165) is 24.1 Å². The fraction of sp³-hybridized carbons (Fsp3) is 0.278. The summed E-state index contributed by atoms with van der Waals surface area (Å²) in [5.74, 6) is 0.540. The maximum Gasteiger partial charge on any atom is 0.252 e. The van der Waals surface area contributed by atoms with Gasteiger partial charge in [0.05, 0.1) is 10.4 Å². The minimum absolute atomic E-state index is 0.283. The van der Waals surface area contributed by atoms with E-state index in [1.807, 2.05) is 17.5 Å². The molecular formula is C18H17BrFN3O2S. The van der Waals surface area contributed by atoms with Crippen LogP contribution in [-0.4, -0.2) is 22.6 Å². The number of halogens is 2. The van der Waals surface area contributed by atoms with Gasteiger partial charge in [-0.2, -0.15) is 4.98 Å². The zero-order valence-electron chi connectivity index (χ0n) is 13.9. The zero-order chi connectivity index (χ0) is 18.4. The molecule has 0 atom stereocenters. The molecule has 136 valence electrons. The van der Waals surface area contributed by atoms with Gasteiger partial charge in [0, 0.05) is 17.4 Å². The molecule has 5 nitrogen and oxygen atoms in total. The molecule has 1 N–H and O–H groups in total. The number of aromatic nitrogens is 2. The number of carbonyl (C=O) groups excluding carboxylic acids is 1. The fourth-order valence-electron chi connectivity index (χ4n) is 2.41. The Balaban J connectivity index is 1.36. The molecule has 8 heteroatoms. The van der Waals surface area contributed by atoms with Gasteiger partial charge < -0.3 is 9.84 Å². The van der Waals surface area contributed by atoms with Crippen molar-refractivity contribution >= 4 is 33.2 Å². The van der Waals surface area contributed by atoms with Crippen molar-refractivity contribution in [2.24, 2.45) is 0 Å². The van der Waals surface area contributed by atoms with Gasteiger partial charge in [0.15, 0.2) is 0 Å². The van der Waals surface area contributed by atoms with Gasteiger partial charge in [0.1, 0.15) is 5.82 Å². The smallest absolute Gasteiger partial charge is 0.252 e. The van der Waals surface area contributed by atoms with Crippen LogP contribution in [-0.2, 0) is 6.42 Å². The van der Waals surface area contributed by atoms with Gasteiger partial charge in [0.25, 0.3) is 5.91 Å². The molecule has 1 aromatic carbocycles. The van der Waals surface area contributed by atoms with Crippen molar-refractivity contribution in [1.29, 1.82) is 0 Å². The molecule has 0 saturated carbocycles. The number of nitrogens with zero attached hydrogens (tertiary/aromatic N) is 2. The van der Waals surface area contributed by atoms with E-state index in [1.165, 1.54) is 18.2 Å². The standard InChI is InChI=1S/C18H17BrFN3O2S/c19-14-8-7-12(20)11-13(14)18(24)21-9-3-1-2-6-16-22-17(23-25-16)15-5-4-10-26-15/h4-5,7-8,10-11H,1-3,6,9H2,(H,21,24). The predicted molar refractivity (Wildman–Crippen MR) is 102 cm³/mol. The van der Waals surface area contributed by atoms with E-state index < -0.39 is 5.82 Å². The molecule has 0 aliphatic carbocycles. The van der Waals surface area contributed by atoms with Crippen LogP contribution in [0.3, 0.4) is 0 Å². The Labute approximate surface area is 162 Å². The van der Waals surface area contributed by atoms with Gasteiger partial charge in [0.2, 0.25) is 11.7 Å². The Morgan fingerprint density at radius 3 is 2.96 bits per heavy atom. The lowest BCUT2D eigenvalue weighted by Crippen LogP contribution is -2.24. The Morgan fingerprint density at radius 2 is 2.15 bits per heavy atom. The number of aryl methyl sites for hydroxylation is 1. The van der Waals surface area contributed by atoms with E-state index in [0.29, 0.717) is 34.7 Å². The summed E-state index contributed by atoms with van der Waals surface area (Å²) in [6.07, 6.45) is 3.35. The van der Waals surface area contributed by atoms with Crippen molar-refractivity contribution in [2.75, 3.05) is 6.54 Å². The highest BCUT2D eigenvalue weighted by Crippen LogP contribution is 2.21. The quantitative estimate of drug-likeness (QED) is 0.511. The largest absolute Gasteiger partial charge is 0.352 e. The molecule has 0 radical (unpaired) electrons. The molecule has 1 amide bonds. The molecule has 2 aromatic heterocycles. The lowest BCUT2D eigenvalue weighted by Gasteiger charge is -2.06. The Kier molecular flexibility index (Phi) is 6.51. The minimum atomic E-state index is -0.431. The molecule has 0 bridgehead atoms. The van der Waals surface area contributed by atoms with E-state index >= 15 is 0 Å². The van der Waals surface area contributed by atoms with Crippen LogP contribution in [0.25, 0.3) is 10.7 Å². The van der Waals surface area contributed by atoms with E-state index in [4.69, 9.17) is 4.52 Å². The molecule has 3 rings (SSSR count). The van der Waals surface area contributed by atoms with Crippen LogP contribution < -0.4 is 5.32 Å². The maximum absolute atomic E-state index is 13.2. The molecule has 3 aromatic rings. The van der Waals surface area contributed by atoms with Gasteiger partial charge in [-0.1, -0.05) is 17.6 Å². The average Bonchev–Trinajstić information content (AvgIpc) is 3.31. The number of benzene rings is 1. The third-order valence-electron chi connectivity index (χ3n) is 3.74. The highest BCUT2D eigenvalue weighted by Gasteiger charge is 2.11. The van der Waals surface area contributed by atoms with Crippen LogP contribution in [0.1, 0.15) is 35.5 Å². The minimum Gasteiger partial charge on any atom is -0.352 e. The second kappa shape index (κ2) is 9.05. The summed E-state index contributed by atoms with van der Waals surface area (Å²) in [6, 6.07) is 7.97. The second-order valence-electron chi connectivity index (χ2n) is 5.68. The van der Waals surface area contributed by atoms with Crippen LogP contribution in [0.5, 0.6) is 0 Å². The normalized spacial score (nSPS) is 10.8. The summed E-state index contributed by atoms with van der Waals surface area (Å²) in [7, 11) is 0. The number of thiophene rings is 1. The first-order chi connectivity index (χ1) is 12.6. The lowest BCUT2D eigenvalue weighted by atomic mass is 10.1. The molecule has 0 saturated heterocycles. The summed E-state index contributed by atoms with van der Waals surface area (Å²) < 4.78 is 19.1. The first-order valence-electron chi connectivity index (χ1n) is 8.23. The Morgan fingerprint density at radius 1 is 1.27 bits per heavy atom. The van der Waals surface area contributed by atoms with Gasteiger partial charge in [-0.15, -0.1) is 11.3 Å². The first-order valence-corrected chi connectivity index (χ1v) is 9.90. The number of hydrogen-bond acceptors (Lipinski definition) is 5. The van der Waals surface area contributed by atoms with Crippen molar-refractivity contribution in [3.8, 4) is 10.7 Å². The zero-order valence-corrected chi connectivity index (χ0v) is 16.3. The number of nitrogens with one attached hydrogen (secondary N) is 1. The third kappa shape index (κ3) is 4.98. The topological polar surface area (TPSA) is 68.0 Å². The van der Waals surface area contributed by atoms with Crippen LogP contribution in [0.4, 0.5) is 4.39 Å². The van der Waals surface area contributed by atoms with Gasteiger partial charge in [-0.05, 0) is 58.4 Å². The molecule has 26 heavy (non-hydrogen) atoms. The van der Waals surface area contributed by atoms with Gasteiger partial charge in [-0.3, -0.25) is 4.79 Å². The second-order valence-corrected chi connectivity index (χ2v) is 7.48. The fourth-order valence-corrected chi connectivity index (χ4v) is 3.48. The highest BCUT2D eigenvalue weighted by atomic mass is 79.9. The number of amides is 1. The molecule has 0 aliphatic rings. The number of rotatable bonds is 8. The molecule has 2 heterocycles. The number of hydrogen-bond donors (Lipinski definition) is 1. The van der Waals surface area contributed by atoms with Crippen LogP contribution >= 0.6 is 27.3 Å². The molecule has 0 unspecified atom stereocenters. The van der Waals surface area contributed by atoms with Gasteiger partial charge in [-0.25, -0.2) is 4.39 Å². The van der Waals surface area contributed by atoms with Crippen LogP contribution in [0, 0.1) is 5.82 Å². The lowest BCUT2D eigenvalue weighted by molar-refractivity contribution is 0.0951. The number of unbranched alkanes of at least 4 members (excludes halogenated alkanes) is 2. The first kappa shape index (κ1) is 18.7. The van der Waals surface area contributed by atoms with E-state index in [-0.39, 0.29) is 5.91 Å². The van der Waals surface area contributed by atoms with Crippen molar-refractivity contribution in [2.45, 2.75) is 25.7 Å². The van der Waals surface area contributed by atoms with Crippen molar-refractivity contribution in [3.05, 3.63) is 57.5 Å². The van der Waals surface area contributed by atoms with E-state index in [9.17, 15) is 9.18 Å². The molecule has 0 spiro atoms. The van der Waals surface area contributed by atoms with Crippen molar-refractivity contribution in [3.63, 3.8) is 0 Å². The predicted octanol–water partition coefficient (Wildman–Crippen LogP) is 4.84. The Bertz CT molecular complexity index is 867. The number of carbonyl (C=O) groups is 1. The summed E-state index contributed by atoms with van der Waals surface area (Å²) in [6.45, 7) is 0.534. The van der Waals surface area contributed by atoms with E-state index in [1.54, 1.807) is 11.3 Å². The molecule has 0 aliphatic heterocycles. The molecule has 0 fully saturated rings. The summed E-state index contributed by atoms with van der Waals surface area (Å²) in [4.78, 5) is 17.4. The van der Waals surface area contributed by atoms with Crippen molar-refractivity contribution in [1.82, 2.24) is 15.5 Å². The SMILES string of the molecule is O=C(NCCCCCc1nc(-c2cccs2)no1)c1cc(F)ccc1Br. The Hall–Kier alpha value is -2.06. The highest BCUT2D eigenvalue weighted by molar-refractivity contribution is 9.10. The maximum atomic E-state index is 13.2. The van der Waals surface area contributed by atoms with Crippen LogP contribution in [0.15, 0.2) is 44.7 Å². The van der Waals surface area contributed by atoms with Gasteiger partial charge >= 0.3 is 0 Å². The van der Waals surface area contributed by atoms with Crippen LogP contribution in [0.2, 0.25) is 0 Å². The summed E-state index contributed by atoms with van der Waals surface area (Å²) >= 11 is 4.83. The monoisotopic (exact) mass is 437 g/mol. The van der Waals surface area contributed by atoms with E-state index in [2.05, 4.69) is 31.4 Å². The summed E-state index contributed by atoms with van der Waals surface area (Å²) in [5.41, 5.74) is 0.303. The summed E-state index contributed by atoms with van der Waals surface area (Å²) in [5, 5.41) is 8.75.